The van der Waals surface area contributed by atoms with Crippen LogP contribution in [0, 0.1) is 0 Å². The Balaban J connectivity index is 2.41. The van der Waals surface area contributed by atoms with E-state index < -0.39 is 0 Å². The zero-order chi connectivity index (χ0) is 11.0. The van der Waals surface area contributed by atoms with Gasteiger partial charge in [0.05, 0.1) is 12.2 Å². The first-order valence-electron chi connectivity index (χ1n) is 6.19. The van der Waals surface area contributed by atoms with Crippen LogP contribution in [-0.4, -0.2) is 12.2 Å². The van der Waals surface area contributed by atoms with Crippen molar-refractivity contribution in [2.45, 2.75) is 57.0 Å². The number of allylic oxidation sites excluding steroid dienone is 1. The lowest BCUT2D eigenvalue weighted by Gasteiger charge is -2.37. The van der Waals surface area contributed by atoms with Gasteiger partial charge in [-0.1, -0.05) is 31.4 Å². The molecule has 1 nitrogen and oxygen atoms in total. The second-order valence-corrected chi connectivity index (χ2v) is 4.50. The summed E-state index contributed by atoms with van der Waals surface area (Å²) in [6, 6.07) is 0. The van der Waals surface area contributed by atoms with Crippen molar-refractivity contribution in [1.82, 2.24) is 0 Å². The van der Waals surface area contributed by atoms with Crippen LogP contribution in [0.3, 0.4) is 0 Å². The van der Waals surface area contributed by atoms with E-state index in [0.717, 1.165) is 25.9 Å². The minimum absolute atomic E-state index is 0.162. The minimum Gasteiger partial charge on any atom is -0.375 e. The van der Waals surface area contributed by atoms with Crippen molar-refractivity contribution in [1.29, 1.82) is 0 Å². The molecule has 0 aromatic heterocycles. The van der Waals surface area contributed by atoms with Gasteiger partial charge in [-0.3, -0.25) is 0 Å². The lowest BCUT2D eigenvalue weighted by Crippen LogP contribution is -2.35. The maximum atomic E-state index is 6.09. The van der Waals surface area contributed by atoms with E-state index in [9.17, 15) is 0 Å². The quantitative estimate of drug-likeness (QED) is 0.449. The molecule has 0 amide bonds. The van der Waals surface area contributed by atoms with E-state index in [4.69, 9.17) is 4.74 Å². The highest BCUT2D eigenvalue weighted by molar-refractivity contribution is 4.87. The van der Waals surface area contributed by atoms with Gasteiger partial charge in [0.1, 0.15) is 0 Å². The highest BCUT2D eigenvalue weighted by atomic mass is 16.5. The van der Waals surface area contributed by atoms with Crippen molar-refractivity contribution in [2.75, 3.05) is 6.61 Å². The number of hydrogen-bond donors (Lipinski definition) is 0. The van der Waals surface area contributed by atoms with Crippen LogP contribution in [0.25, 0.3) is 0 Å². The number of hydrogen-bond acceptors (Lipinski definition) is 1. The Labute approximate surface area is 94.2 Å². The van der Waals surface area contributed by atoms with E-state index in [2.05, 4.69) is 13.2 Å². The highest BCUT2D eigenvalue weighted by Crippen LogP contribution is 2.35. The summed E-state index contributed by atoms with van der Waals surface area (Å²) in [6.07, 6.45) is 13.6. The standard InChI is InChI=1S/C14H24O/c1-3-5-10-14(15-13-6-4-2)11-8-7-9-12-14/h3-4H,1-2,5-13H2. The summed E-state index contributed by atoms with van der Waals surface area (Å²) in [4.78, 5) is 0. The summed E-state index contributed by atoms with van der Waals surface area (Å²) >= 11 is 0. The van der Waals surface area contributed by atoms with Crippen LogP contribution in [0.15, 0.2) is 25.3 Å². The van der Waals surface area contributed by atoms with E-state index in [1.807, 2.05) is 12.2 Å². The first kappa shape index (κ1) is 12.5. The molecule has 1 aliphatic carbocycles. The Morgan fingerprint density at radius 1 is 1.00 bits per heavy atom. The second kappa shape index (κ2) is 6.84. The van der Waals surface area contributed by atoms with Gasteiger partial charge in [0.15, 0.2) is 0 Å². The molecule has 86 valence electrons. The summed E-state index contributed by atoms with van der Waals surface area (Å²) < 4.78 is 6.09. The summed E-state index contributed by atoms with van der Waals surface area (Å²) in [5.41, 5.74) is 0.162. The predicted octanol–water partition coefficient (Wildman–Crippen LogP) is 4.25. The van der Waals surface area contributed by atoms with Crippen molar-refractivity contribution >= 4 is 0 Å². The number of rotatable bonds is 7. The average Bonchev–Trinajstić information content (AvgIpc) is 2.28. The van der Waals surface area contributed by atoms with Gasteiger partial charge in [-0.2, -0.15) is 0 Å². The molecule has 0 bridgehead atoms. The van der Waals surface area contributed by atoms with Crippen molar-refractivity contribution in [2.24, 2.45) is 0 Å². The highest BCUT2D eigenvalue weighted by Gasteiger charge is 2.31. The largest absolute Gasteiger partial charge is 0.375 e. The molecule has 0 radical (unpaired) electrons. The fourth-order valence-corrected chi connectivity index (χ4v) is 2.39. The molecular weight excluding hydrogens is 184 g/mol. The van der Waals surface area contributed by atoms with E-state index in [1.165, 1.54) is 32.1 Å². The van der Waals surface area contributed by atoms with E-state index in [-0.39, 0.29) is 5.60 Å². The Morgan fingerprint density at radius 2 is 1.67 bits per heavy atom. The van der Waals surface area contributed by atoms with Gasteiger partial charge in [-0.25, -0.2) is 0 Å². The fraction of sp³-hybridized carbons (Fsp3) is 0.714. The Hall–Kier alpha value is -0.560. The lowest BCUT2D eigenvalue weighted by atomic mass is 9.81. The molecule has 1 aliphatic rings. The summed E-state index contributed by atoms with van der Waals surface area (Å²) in [5, 5.41) is 0. The van der Waals surface area contributed by atoms with E-state index in [0.29, 0.717) is 0 Å². The van der Waals surface area contributed by atoms with Crippen LogP contribution in [0.1, 0.15) is 51.4 Å². The van der Waals surface area contributed by atoms with E-state index >= 15 is 0 Å². The molecule has 0 aliphatic heterocycles. The molecular formula is C14H24O. The van der Waals surface area contributed by atoms with Gasteiger partial charge in [0, 0.05) is 0 Å². The van der Waals surface area contributed by atoms with Gasteiger partial charge < -0.3 is 4.74 Å². The van der Waals surface area contributed by atoms with Crippen LogP contribution < -0.4 is 0 Å². The van der Waals surface area contributed by atoms with Gasteiger partial charge in [-0.05, 0) is 32.1 Å². The van der Waals surface area contributed by atoms with Gasteiger partial charge >= 0.3 is 0 Å². The zero-order valence-electron chi connectivity index (χ0n) is 9.84. The predicted molar refractivity (Wildman–Crippen MR) is 66.0 cm³/mol. The van der Waals surface area contributed by atoms with Crippen LogP contribution in [-0.2, 0) is 4.74 Å². The molecule has 1 rings (SSSR count). The van der Waals surface area contributed by atoms with Crippen molar-refractivity contribution in [3.63, 3.8) is 0 Å². The van der Waals surface area contributed by atoms with Gasteiger partial charge in [0.2, 0.25) is 0 Å². The summed E-state index contributed by atoms with van der Waals surface area (Å²) in [7, 11) is 0. The molecule has 1 heteroatoms. The van der Waals surface area contributed by atoms with Gasteiger partial charge in [-0.15, -0.1) is 13.2 Å². The molecule has 0 aromatic carbocycles. The Bertz CT molecular complexity index is 190. The molecule has 0 atom stereocenters. The normalized spacial score (nSPS) is 19.7. The third-order valence-corrected chi connectivity index (χ3v) is 3.30. The van der Waals surface area contributed by atoms with Gasteiger partial charge in [0.25, 0.3) is 0 Å². The van der Waals surface area contributed by atoms with Crippen molar-refractivity contribution in [3.05, 3.63) is 25.3 Å². The molecule has 0 aromatic rings. The maximum Gasteiger partial charge on any atom is 0.0685 e. The Morgan fingerprint density at radius 3 is 2.27 bits per heavy atom. The number of ether oxygens (including phenoxy) is 1. The molecule has 0 saturated heterocycles. The summed E-state index contributed by atoms with van der Waals surface area (Å²) in [6.45, 7) is 8.37. The molecule has 1 fully saturated rings. The first-order chi connectivity index (χ1) is 7.33. The average molecular weight is 208 g/mol. The molecule has 0 spiro atoms. The van der Waals surface area contributed by atoms with Crippen LogP contribution in [0.5, 0.6) is 0 Å². The molecule has 0 heterocycles. The Kier molecular flexibility index (Phi) is 5.70. The lowest BCUT2D eigenvalue weighted by molar-refractivity contribution is -0.0732. The second-order valence-electron chi connectivity index (χ2n) is 4.50. The minimum atomic E-state index is 0.162. The van der Waals surface area contributed by atoms with Crippen LogP contribution >= 0.6 is 0 Å². The molecule has 0 N–H and O–H groups in total. The maximum absolute atomic E-state index is 6.09. The van der Waals surface area contributed by atoms with Crippen LogP contribution in [0.4, 0.5) is 0 Å². The monoisotopic (exact) mass is 208 g/mol. The van der Waals surface area contributed by atoms with E-state index in [1.54, 1.807) is 0 Å². The molecule has 15 heavy (non-hydrogen) atoms. The van der Waals surface area contributed by atoms with Crippen molar-refractivity contribution in [3.8, 4) is 0 Å². The third kappa shape index (κ3) is 4.21. The first-order valence-corrected chi connectivity index (χ1v) is 6.19. The summed E-state index contributed by atoms with van der Waals surface area (Å²) in [5.74, 6) is 0. The van der Waals surface area contributed by atoms with Crippen LogP contribution in [0.2, 0.25) is 0 Å². The molecule has 1 saturated carbocycles. The fourth-order valence-electron chi connectivity index (χ4n) is 2.39. The smallest absolute Gasteiger partial charge is 0.0685 e. The van der Waals surface area contributed by atoms with Crippen molar-refractivity contribution < 1.29 is 4.74 Å². The third-order valence-electron chi connectivity index (χ3n) is 3.30. The topological polar surface area (TPSA) is 9.23 Å². The zero-order valence-corrected chi connectivity index (χ0v) is 9.84. The SMILES string of the molecule is C=CCCOC1(CCC=C)CCCCC1. The molecule has 0 unspecified atom stereocenters.